The summed E-state index contributed by atoms with van der Waals surface area (Å²) in [6, 6.07) is 9.37. The van der Waals surface area contributed by atoms with E-state index in [0.717, 1.165) is 37.6 Å². The van der Waals surface area contributed by atoms with Crippen LogP contribution in [-0.2, 0) is 0 Å². The minimum absolute atomic E-state index is 0.0856. The smallest absolute Gasteiger partial charge is 0.255 e. The van der Waals surface area contributed by atoms with Gasteiger partial charge in [-0.15, -0.1) is 10.2 Å². The number of hydrogen-bond donors (Lipinski definition) is 0. The maximum absolute atomic E-state index is 12.6. The maximum Gasteiger partial charge on any atom is 0.255 e. The Morgan fingerprint density at radius 1 is 1.04 bits per heavy atom. The largest absolute Gasteiger partial charge is 0.336 e. The third-order valence-electron chi connectivity index (χ3n) is 4.37. The minimum Gasteiger partial charge on any atom is -0.336 e. The average molecular weight is 322 g/mol. The summed E-state index contributed by atoms with van der Waals surface area (Å²) in [6.07, 6.45) is 3.56. The summed E-state index contributed by atoms with van der Waals surface area (Å²) >= 11 is 0. The van der Waals surface area contributed by atoms with E-state index in [-0.39, 0.29) is 5.91 Å². The Labute approximate surface area is 139 Å². The standard InChI is InChI=1S/C17H18N6O/c1-21-9-11-22(12-10-21)16(24)14-5-3-13(4-6-14)15-19-20-17-18-7-2-8-23(15)17/h2-8H,9-12H2,1H3. The van der Waals surface area contributed by atoms with E-state index in [2.05, 4.69) is 27.1 Å². The molecule has 1 amide bonds. The monoisotopic (exact) mass is 322 g/mol. The third-order valence-corrected chi connectivity index (χ3v) is 4.37. The fourth-order valence-electron chi connectivity index (χ4n) is 2.89. The second kappa shape index (κ2) is 6.01. The molecule has 1 aromatic carbocycles. The van der Waals surface area contributed by atoms with E-state index in [1.165, 1.54) is 0 Å². The Kier molecular flexibility index (Phi) is 3.70. The molecule has 0 N–H and O–H groups in total. The SMILES string of the molecule is CN1CCN(C(=O)c2ccc(-c3nnc4ncccn34)cc2)CC1. The van der Waals surface area contributed by atoms with Crippen molar-refractivity contribution in [3.8, 4) is 11.4 Å². The number of hydrogen-bond acceptors (Lipinski definition) is 5. The summed E-state index contributed by atoms with van der Waals surface area (Å²) in [6.45, 7) is 3.39. The van der Waals surface area contributed by atoms with Gasteiger partial charge in [0.15, 0.2) is 5.82 Å². The van der Waals surface area contributed by atoms with Gasteiger partial charge in [0, 0.05) is 49.7 Å². The number of rotatable bonds is 2. The first-order valence-corrected chi connectivity index (χ1v) is 7.96. The van der Waals surface area contributed by atoms with E-state index in [9.17, 15) is 4.79 Å². The number of carbonyl (C=O) groups is 1. The van der Waals surface area contributed by atoms with Gasteiger partial charge in [-0.1, -0.05) is 12.1 Å². The van der Waals surface area contributed by atoms with Crippen LogP contribution in [0.25, 0.3) is 17.2 Å². The molecule has 0 radical (unpaired) electrons. The molecule has 7 nitrogen and oxygen atoms in total. The topological polar surface area (TPSA) is 66.6 Å². The lowest BCUT2D eigenvalue weighted by Gasteiger charge is -2.32. The maximum atomic E-state index is 12.6. The van der Waals surface area contributed by atoms with Crippen molar-refractivity contribution in [2.75, 3.05) is 33.2 Å². The molecule has 1 aliphatic rings. The molecule has 7 heteroatoms. The molecule has 0 atom stereocenters. The lowest BCUT2D eigenvalue weighted by molar-refractivity contribution is 0.0664. The summed E-state index contributed by atoms with van der Waals surface area (Å²) in [4.78, 5) is 20.9. The van der Waals surface area contributed by atoms with Crippen LogP contribution in [0, 0.1) is 0 Å². The van der Waals surface area contributed by atoms with Crippen molar-refractivity contribution < 1.29 is 4.79 Å². The summed E-state index contributed by atoms with van der Waals surface area (Å²) in [5, 5.41) is 8.24. The molecule has 3 heterocycles. The van der Waals surface area contributed by atoms with E-state index in [4.69, 9.17) is 0 Å². The Morgan fingerprint density at radius 2 is 1.79 bits per heavy atom. The first kappa shape index (κ1) is 14.8. The van der Waals surface area contributed by atoms with Crippen molar-refractivity contribution in [3.63, 3.8) is 0 Å². The number of amides is 1. The van der Waals surface area contributed by atoms with Crippen LogP contribution >= 0.6 is 0 Å². The average Bonchev–Trinajstić information content (AvgIpc) is 3.06. The van der Waals surface area contributed by atoms with Crippen LogP contribution in [0.3, 0.4) is 0 Å². The van der Waals surface area contributed by atoms with Crippen LogP contribution in [-0.4, -0.2) is 68.5 Å². The molecule has 3 aromatic rings. The van der Waals surface area contributed by atoms with Gasteiger partial charge in [0.05, 0.1) is 0 Å². The highest BCUT2D eigenvalue weighted by Gasteiger charge is 2.20. The van der Waals surface area contributed by atoms with Gasteiger partial charge in [-0.05, 0) is 25.2 Å². The van der Waals surface area contributed by atoms with Crippen LogP contribution in [0.5, 0.6) is 0 Å². The quantitative estimate of drug-likeness (QED) is 0.709. The van der Waals surface area contributed by atoms with Gasteiger partial charge in [-0.25, -0.2) is 4.98 Å². The minimum atomic E-state index is 0.0856. The van der Waals surface area contributed by atoms with Crippen molar-refractivity contribution in [2.45, 2.75) is 0 Å². The molecule has 1 saturated heterocycles. The highest BCUT2D eigenvalue weighted by atomic mass is 16.2. The van der Waals surface area contributed by atoms with E-state index in [1.807, 2.05) is 45.8 Å². The number of piperazine rings is 1. The van der Waals surface area contributed by atoms with Crippen molar-refractivity contribution in [1.82, 2.24) is 29.4 Å². The van der Waals surface area contributed by atoms with E-state index < -0.39 is 0 Å². The molecule has 24 heavy (non-hydrogen) atoms. The summed E-state index contributed by atoms with van der Waals surface area (Å²) < 4.78 is 1.83. The normalized spacial score (nSPS) is 15.8. The number of nitrogens with zero attached hydrogens (tertiary/aromatic N) is 6. The lowest BCUT2D eigenvalue weighted by atomic mass is 10.1. The first-order chi connectivity index (χ1) is 11.7. The Morgan fingerprint density at radius 3 is 2.54 bits per heavy atom. The third kappa shape index (κ3) is 2.63. The molecular weight excluding hydrogens is 304 g/mol. The highest BCUT2D eigenvalue weighted by Crippen LogP contribution is 2.19. The van der Waals surface area contributed by atoms with Crippen molar-refractivity contribution in [3.05, 3.63) is 48.3 Å². The molecule has 0 spiro atoms. The zero-order chi connectivity index (χ0) is 16.5. The van der Waals surface area contributed by atoms with E-state index in [0.29, 0.717) is 11.3 Å². The van der Waals surface area contributed by atoms with E-state index >= 15 is 0 Å². The molecule has 1 aliphatic heterocycles. The number of likely N-dealkylation sites (N-methyl/N-ethyl adjacent to an activating group) is 1. The lowest BCUT2D eigenvalue weighted by Crippen LogP contribution is -2.47. The summed E-state index contributed by atoms with van der Waals surface area (Å²) in [5.74, 6) is 1.37. The fourth-order valence-corrected chi connectivity index (χ4v) is 2.89. The van der Waals surface area contributed by atoms with Gasteiger partial charge in [0.25, 0.3) is 11.7 Å². The number of benzene rings is 1. The zero-order valence-electron chi connectivity index (χ0n) is 13.5. The number of aromatic nitrogens is 4. The molecule has 4 rings (SSSR count). The van der Waals surface area contributed by atoms with Gasteiger partial charge in [0.2, 0.25) is 0 Å². The fraction of sp³-hybridized carbons (Fsp3) is 0.294. The molecular formula is C17H18N6O. The molecule has 1 fully saturated rings. The Bertz CT molecular complexity index is 864. The van der Waals surface area contributed by atoms with Crippen LogP contribution in [0.4, 0.5) is 0 Å². The van der Waals surface area contributed by atoms with Crippen LogP contribution < -0.4 is 0 Å². The van der Waals surface area contributed by atoms with Gasteiger partial charge in [-0.2, -0.15) is 0 Å². The Hall–Kier alpha value is -2.80. The van der Waals surface area contributed by atoms with Gasteiger partial charge >= 0.3 is 0 Å². The number of fused-ring (bicyclic) bond motifs is 1. The predicted molar refractivity (Wildman–Crippen MR) is 89.6 cm³/mol. The second-order valence-electron chi connectivity index (χ2n) is 5.99. The van der Waals surface area contributed by atoms with Crippen LogP contribution in [0.1, 0.15) is 10.4 Å². The zero-order valence-corrected chi connectivity index (χ0v) is 13.5. The highest BCUT2D eigenvalue weighted by molar-refractivity contribution is 5.94. The van der Waals surface area contributed by atoms with Gasteiger partial charge in [-0.3, -0.25) is 9.20 Å². The predicted octanol–water partition coefficient (Wildman–Crippen LogP) is 1.18. The van der Waals surface area contributed by atoms with Crippen LogP contribution in [0.15, 0.2) is 42.7 Å². The van der Waals surface area contributed by atoms with Crippen molar-refractivity contribution >= 4 is 11.7 Å². The van der Waals surface area contributed by atoms with Gasteiger partial charge < -0.3 is 9.80 Å². The second-order valence-corrected chi connectivity index (χ2v) is 5.99. The van der Waals surface area contributed by atoms with E-state index in [1.54, 1.807) is 6.20 Å². The van der Waals surface area contributed by atoms with Gasteiger partial charge in [0.1, 0.15) is 0 Å². The molecule has 0 bridgehead atoms. The number of carbonyl (C=O) groups excluding carboxylic acids is 1. The molecule has 2 aromatic heterocycles. The van der Waals surface area contributed by atoms with Crippen molar-refractivity contribution in [2.24, 2.45) is 0 Å². The van der Waals surface area contributed by atoms with Crippen LogP contribution in [0.2, 0.25) is 0 Å². The molecule has 122 valence electrons. The Balaban J connectivity index is 1.57. The van der Waals surface area contributed by atoms with Crippen molar-refractivity contribution in [1.29, 1.82) is 0 Å². The molecule has 0 unspecified atom stereocenters. The molecule has 0 saturated carbocycles. The summed E-state index contributed by atoms with van der Waals surface area (Å²) in [7, 11) is 2.08. The summed E-state index contributed by atoms with van der Waals surface area (Å²) in [5.41, 5.74) is 1.61. The first-order valence-electron chi connectivity index (χ1n) is 7.96. The molecule has 0 aliphatic carbocycles.